The number of benzene rings is 1. The van der Waals surface area contributed by atoms with Gasteiger partial charge in [-0.05, 0) is 12.1 Å². The first kappa shape index (κ1) is 14.9. The number of halogens is 1. The second-order valence-corrected chi connectivity index (χ2v) is 3.85. The number of nitrogens with zero attached hydrogens (tertiary/aromatic N) is 1. The highest BCUT2D eigenvalue weighted by molar-refractivity contribution is 5.94. The molecule has 1 aromatic carbocycles. The highest BCUT2D eigenvalue weighted by Gasteiger charge is 2.18. The van der Waals surface area contributed by atoms with Gasteiger partial charge in [-0.2, -0.15) is 0 Å². The van der Waals surface area contributed by atoms with Gasteiger partial charge in [-0.3, -0.25) is 9.59 Å². The van der Waals surface area contributed by atoms with E-state index in [9.17, 15) is 14.0 Å². The monoisotopic (exact) mass is 265 g/mol. The van der Waals surface area contributed by atoms with E-state index in [0.717, 1.165) is 0 Å². The molecule has 0 unspecified atom stereocenters. The lowest BCUT2D eigenvalue weighted by atomic mass is 10.2. The first-order valence-electron chi connectivity index (χ1n) is 5.81. The Hall–Kier alpha value is -2.17. The molecule has 0 aromatic heterocycles. The van der Waals surface area contributed by atoms with E-state index in [1.807, 2.05) is 0 Å². The predicted octanol–water partition coefficient (Wildman–Crippen LogP) is 2.02. The minimum atomic E-state index is -0.584. The third-order valence-corrected chi connectivity index (χ3v) is 2.55. The Morgan fingerprint density at radius 3 is 2.68 bits per heavy atom. The quantitative estimate of drug-likeness (QED) is 0.584. The molecule has 0 saturated carbocycles. The Morgan fingerprint density at radius 1 is 1.42 bits per heavy atom. The summed E-state index contributed by atoms with van der Waals surface area (Å²) in [5.41, 5.74) is -0.0192. The van der Waals surface area contributed by atoms with Crippen LogP contribution in [-0.2, 0) is 9.53 Å². The molecule has 0 bridgehead atoms. The average Bonchev–Trinajstić information content (AvgIpc) is 2.42. The molecule has 1 rings (SSSR count). The molecule has 1 amide bonds. The zero-order valence-electron chi connectivity index (χ0n) is 10.8. The van der Waals surface area contributed by atoms with Crippen LogP contribution in [-0.4, -0.2) is 37.0 Å². The Kier molecular flexibility index (Phi) is 5.73. The molecule has 0 atom stereocenters. The van der Waals surface area contributed by atoms with Crippen LogP contribution in [0.2, 0.25) is 0 Å². The number of esters is 1. The van der Waals surface area contributed by atoms with Crippen molar-refractivity contribution < 1.29 is 18.7 Å². The third-order valence-electron chi connectivity index (χ3n) is 2.55. The highest BCUT2D eigenvalue weighted by atomic mass is 19.1. The van der Waals surface area contributed by atoms with Crippen LogP contribution in [0.5, 0.6) is 0 Å². The molecule has 102 valence electrons. The standard InChI is InChI=1S/C14H16FNO3/c1-3-9-16(10-8-13(17)19-2)14(18)11-6-4-5-7-12(11)15/h3-7H,1,8-10H2,2H3. The molecule has 0 aliphatic heterocycles. The van der Waals surface area contributed by atoms with E-state index in [2.05, 4.69) is 11.3 Å². The largest absolute Gasteiger partial charge is 0.469 e. The van der Waals surface area contributed by atoms with Crippen LogP contribution in [0.4, 0.5) is 4.39 Å². The summed E-state index contributed by atoms with van der Waals surface area (Å²) in [5.74, 6) is -1.48. The van der Waals surface area contributed by atoms with Gasteiger partial charge in [-0.15, -0.1) is 6.58 Å². The van der Waals surface area contributed by atoms with Gasteiger partial charge in [-0.25, -0.2) is 4.39 Å². The molecule has 4 nitrogen and oxygen atoms in total. The van der Waals surface area contributed by atoms with E-state index < -0.39 is 17.7 Å². The van der Waals surface area contributed by atoms with Crippen molar-refractivity contribution in [1.82, 2.24) is 4.90 Å². The van der Waals surface area contributed by atoms with E-state index in [4.69, 9.17) is 0 Å². The number of hydrogen-bond donors (Lipinski definition) is 0. The molecule has 0 heterocycles. The van der Waals surface area contributed by atoms with Crippen molar-refractivity contribution in [3.8, 4) is 0 Å². The number of rotatable bonds is 6. The van der Waals surface area contributed by atoms with Gasteiger partial charge in [0.2, 0.25) is 0 Å². The maximum absolute atomic E-state index is 13.5. The van der Waals surface area contributed by atoms with Crippen LogP contribution in [0.25, 0.3) is 0 Å². The van der Waals surface area contributed by atoms with Crippen molar-refractivity contribution in [3.05, 3.63) is 48.3 Å². The molecule has 0 saturated heterocycles. The molecule has 5 heteroatoms. The molecular weight excluding hydrogens is 249 g/mol. The van der Waals surface area contributed by atoms with Crippen molar-refractivity contribution in [2.45, 2.75) is 6.42 Å². The maximum Gasteiger partial charge on any atom is 0.307 e. The number of carbonyl (C=O) groups is 2. The zero-order valence-corrected chi connectivity index (χ0v) is 10.8. The Labute approximate surface area is 111 Å². The van der Waals surface area contributed by atoms with E-state index in [0.29, 0.717) is 0 Å². The lowest BCUT2D eigenvalue weighted by Crippen LogP contribution is -2.33. The molecular formula is C14H16FNO3. The molecule has 0 radical (unpaired) electrons. The fraction of sp³-hybridized carbons (Fsp3) is 0.286. The minimum absolute atomic E-state index is 0.0192. The van der Waals surface area contributed by atoms with E-state index >= 15 is 0 Å². The van der Waals surface area contributed by atoms with Gasteiger partial charge in [0.15, 0.2) is 0 Å². The summed E-state index contributed by atoms with van der Waals surface area (Å²) in [6.07, 6.45) is 1.58. The number of ether oxygens (including phenoxy) is 1. The zero-order chi connectivity index (χ0) is 14.3. The van der Waals surface area contributed by atoms with Crippen LogP contribution in [0, 0.1) is 5.82 Å². The smallest absolute Gasteiger partial charge is 0.307 e. The first-order chi connectivity index (χ1) is 9.10. The lowest BCUT2D eigenvalue weighted by molar-refractivity contribution is -0.140. The summed E-state index contributed by atoms with van der Waals surface area (Å²) in [7, 11) is 1.28. The summed E-state index contributed by atoms with van der Waals surface area (Å²) in [5, 5.41) is 0. The summed E-state index contributed by atoms with van der Waals surface area (Å²) in [6, 6.07) is 5.73. The number of amides is 1. The van der Waals surface area contributed by atoms with Crippen LogP contribution in [0.15, 0.2) is 36.9 Å². The van der Waals surface area contributed by atoms with E-state index in [1.54, 1.807) is 6.07 Å². The SMILES string of the molecule is C=CCN(CCC(=O)OC)C(=O)c1ccccc1F. The van der Waals surface area contributed by atoms with E-state index in [-0.39, 0.29) is 25.1 Å². The number of methoxy groups -OCH3 is 1. The first-order valence-corrected chi connectivity index (χ1v) is 5.81. The maximum atomic E-state index is 13.5. The van der Waals surface area contributed by atoms with Crippen LogP contribution < -0.4 is 0 Å². The normalized spacial score (nSPS) is 9.79. The second kappa shape index (κ2) is 7.31. The highest BCUT2D eigenvalue weighted by Crippen LogP contribution is 2.10. The summed E-state index contributed by atoms with van der Waals surface area (Å²) in [6.45, 7) is 3.94. The Morgan fingerprint density at radius 2 is 2.11 bits per heavy atom. The molecule has 0 N–H and O–H groups in total. The van der Waals surface area contributed by atoms with Crippen LogP contribution in [0.1, 0.15) is 16.8 Å². The van der Waals surface area contributed by atoms with Gasteiger partial charge in [0.25, 0.3) is 5.91 Å². The number of carbonyl (C=O) groups excluding carboxylic acids is 2. The van der Waals surface area contributed by atoms with Crippen molar-refractivity contribution in [2.75, 3.05) is 20.2 Å². The third kappa shape index (κ3) is 4.21. The van der Waals surface area contributed by atoms with Crippen LogP contribution >= 0.6 is 0 Å². The predicted molar refractivity (Wildman–Crippen MR) is 69.1 cm³/mol. The van der Waals surface area contributed by atoms with Gasteiger partial charge < -0.3 is 9.64 Å². The lowest BCUT2D eigenvalue weighted by Gasteiger charge is -2.20. The van der Waals surface area contributed by atoms with E-state index in [1.165, 1.54) is 36.3 Å². The Balaban J connectivity index is 2.81. The topological polar surface area (TPSA) is 46.6 Å². The molecule has 0 aliphatic carbocycles. The van der Waals surface area contributed by atoms with Crippen molar-refractivity contribution >= 4 is 11.9 Å². The van der Waals surface area contributed by atoms with Gasteiger partial charge >= 0.3 is 5.97 Å². The number of hydrogen-bond acceptors (Lipinski definition) is 3. The fourth-order valence-corrected chi connectivity index (χ4v) is 1.56. The fourth-order valence-electron chi connectivity index (χ4n) is 1.56. The summed E-state index contributed by atoms with van der Waals surface area (Å²) in [4.78, 5) is 24.6. The summed E-state index contributed by atoms with van der Waals surface area (Å²) >= 11 is 0. The molecule has 1 aromatic rings. The Bertz CT molecular complexity index is 474. The van der Waals surface area contributed by atoms with Crippen LogP contribution in [0.3, 0.4) is 0 Å². The summed E-state index contributed by atoms with van der Waals surface area (Å²) < 4.78 is 18.1. The van der Waals surface area contributed by atoms with Crippen molar-refractivity contribution in [1.29, 1.82) is 0 Å². The molecule has 0 aliphatic rings. The van der Waals surface area contributed by atoms with Crippen molar-refractivity contribution in [3.63, 3.8) is 0 Å². The van der Waals surface area contributed by atoms with Gasteiger partial charge in [0.1, 0.15) is 5.82 Å². The average molecular weight is 265 g/mol. The molecule has 0 spiro atoms. The van der Waals surface area contributed by atoms with Crippen molar-refractivity contribution in [2.24, 2.45) is 0 Å². The van der Waals surface area contributed by atoms with Gasteiger partial charge in [-0.1, -0.05) is 18.2 Å². The second-order valence-electron chi connectivity index (χ2n) is 3.85. The minimum Gasteiger partial charge on any atom is -0.469 e. The molecule has 19 heavy (non-hydrogen) atoms. The molecule has 0 fully saturated rings. The van der Waals surface area contributed by atoms with Gasteiger partial charge in [0, 0.05) is 13.1 Å². The van der Waals surface area contributed by atoms with Gasteiger partial charge in [0.05, 0.1) is 19.1 Å².